The van der Waals surface area contributed by atoms with Gasteiger partial charge < -0.3 is 20.1 Å². The molecule has 52 heavy (non-hydrogen) atoms. The third-order valence-corrected chi connectivity index (χ3v) is 12.3. The van der Waals surface area contributed by atoms with Crippen LogP contribution in [0.15, 0.2) is 48.6 Å². The van der Waals surface area contributed by atoms with Crippen molar-refractivity contribution in [2.45, 2.75) is 193 Å². The van der Waals surface area contributed by atoms with Crippen molar-refractivity contribution in [2.24, 2.45) is 5.92 Å². The third kappa shape index (κ3) is 38.9. The molecule has 0 aliphatic rings. The molecular formula is C46H86N2O2S2. The Morgan fingerprint density at radius 2 is 1.08 bits per heavy atom. The molecule has 0 saturated carbocycles. The van der Waals surface area contributed by atoms with E-state index in [2.05, 4.69) is 79.6 Å². The number of hydrogen-bond donors (Lipinski definition) is 2. The lowest BCUT2D eigenvalue weighted by Gasteiger charge is -2.28. The molecule has 0 rings (SSSR count). The van der Waals surface area contributed by atoms with Crippen LogP contribution in [0.2, 0.25) is 0 Å². The van der Waals surface area contributed by atoms with Gasteiger partial charge in [-0.2, -0.15) is 0 Å². The second-order valence-electron chi connectivity index (χ2n) is 15.0. The van der Waals surface area contributed by atoms with Crippen molar-refractivity contribution >= 4 is 27.9 Å². The van der Waals surface area contributed by atoms with Crippen molar-refractivity contribution in [3.8, 4) is 0 Å². The zero-order valence-corrected chi connectivity index (χ0v) is 36.4. The van der Waals surface area contributed by atoms with E-state index in [4.69, 9.17) is 0 Å². The molecule has 0 fully saturated rings. The van der Waals surface area contributed by atoms with Crippen LogP contribution in [0.1, 0.15) is 181 Å². The fraction of sp³-hybridized carbons (Fsp3) is 0.804. The van der Waals surface area contributed by atoms with E-state index in [-0.39, 0.29) is 12.1 Å². The Morgan fingerprint density at radius 1 is 0.577 bits per heavy atom. The maximum Gasteiger partial charge on any atom is 0.136 e. The average Bonchev–Trinajstić information content (AvgIpc) is 3.14. The first-order valence-corrected chi connectivity index (χ1v) is 24.4. The van der Waals surface area contributed by atoms with Crippen LogP contribution in [0.5, 0.6) is 0 Å². The number of carbonyl (C=O) groups excluding carboxylic acids is 1. The number of nitrogens with one attached hydrogen (secondary N) is 1. The molecule has 0 radical (unpaired) electrons. The minimum absolute atomic E-state index is 0.0193. The Kier molecular flexibility index (Phi) is 42.3. The van der Waals surface area contributed by atoms with Gasteiger partial charge in [0.2, 0.25) is 0 Å². The first kappa shape index (κ1) is 51.2. The van der Waals surface area contributed by atoms with Gasteiger partial charge in [-0.15, -0.1) is 0 Å². The van der Waals surface area contributed by atoms with Crippen LogP contribution in [0.3, 0.4) is 0 Å². The van der Waals surface area contributed by atoms with Gasteiger partial charge in [-0.3, -0.25) is 0 Å². The van der Waals surface area contributed by atoms with Gasteiger partial charge in [-0.05, 0) is 116 Å². The highest BCUT2D eigenvalue weighted by Gasteiger charge is 2.15. The number of aldehydes is 1. The average molecular weight is 763 g/mol. The molecule has 0 spiro atoms. The summed E-state index contributed by atoms with van der Waals surface area (Å²) in [4.78, 5) is 13.6. The van der Waals surface area contributed by atoms with Crippen LogP contribution < -0.4 is 5.32 Å². The van der Waals surface area contributed by atoms with Crippen LogP contribution in [0.4, 0.5) is 0 Å². The minimum Gasteiger partial charge on any atom is -0.392 e. The molecule has 3 unspecified atom stereocenters. The molecule has 2 N–H and O–H groups in total. The number of allylic oxidation sites excluding steroid dienone is 8. The number of hydrogen-bond acceptors (Lipinski definition) is 6. The van der Waals surface area contributed by atoms with Crippen LogP contribution in [-0.2, 0) is 4.79 Å². The largest absolute Gasteiger partial charge is 0.392 e. The van der Waals surface area contributed by atoms with E-state index in [9.17, 15) is 9.90 Å². The van der Waals surface area contributed by atoms with Crippen LogP contribution in [-0.4, -0.2) is 66.6 Å². The van der Waals surface area contributed by atoms with Gasteiger partial charge in [0.05, 0.1) is 12.1 Å². The van der Waals surface area contributed by atoms with Gasteiger partial charge in [-0.25, -0.2) is 0 Å². The SMILES string of the molecule is CCCCC/C=C\C/C=C\CCCCCCC(C)CN(CCCCSSCCC(C=O)NC)CC(O)CCCCCC/C=C\C/C=C\CCCCC. The number of rotatable bonds is 41. The quantitative estimate of drug-likeness (QED) is 0.0280. The molecule has 0 saturated heterocycles. The molecule has 0 amide bonds. The van der Waals surface area contributed by atoms with Gasteiger partial charge in [0.15, 0.2) is 0 Å². The second-order valence-corrected chi connectivity index (χ2v) is 17.7. The molecule has 0 aliphatic carbocycles. The van der Waals surface area contributed by atoms with Crippen LogP contribution >= 0.6 is 21.6 Å². The molecule has 0 aromatic rings. The number of aliphatic hydroxyl groups excluding tert-OH is 1. The maximum atomic E-state index is 11.0. The lowest BCUT2D eigenvalue weighted by molar-refractivity contribution is -0.109. The molecule has 0 aliphatic heterocycles. The minimum atomic E-state index is -0.219. The standard InChI is InChI=1S/C46H86N2O2S2/c1-5-7-9-11-13-15-17-19-21-23-25-27-29-31-35-44(3)41-48(38-33-34-39-51-52-40-37-45(43-49)47-4)42-46(50)36-32-30-28-26-24-22-20-18-16-14-12-10-8-6-2/h13-16,19-22,43-47,50H,5-12,17-18,23-42H2,1-4H3/b15-13-,16-14-,21-19-,22-20-. The van der Waals surface area contributed by atoms with E-state index in [1.807, 2.05) is 28.6 Å². The summed E-state index contributed by atoms with van der Waals surface area (Å²) in [7, 11) is 5.68. The fourth-order valence-electron chi connectivity index (χ4n) is 6.39. The molecular weight excluding hydrogens is 677 g/mol. The van der Waals surface area contributed by atoms with Crippen LogP contribution in [0.25, 0.3) is 0 Å². The van der Waals surface area contributed by atoms with Gasteiger partial charge in [0.1, 0.15) is 6.29 Å². The number of unbranched alkanes of at least 4 members (excludes halogenated alkanes) is 15. The molecule has 6 heteroatoms. The summed E-state index contributed by atoms with van der Waals surface area (Å²) < 4.78 is 0. The number of carbonyl (C=O) groups is 1. The first-order chi connectivity index (χ1) is 25.6. The number of nitrogens with zero attached hydrogens (tertiary/aromatic N) is 1. The van der Waals surface area contributed by atoms with Crippen molar-refractivity contribution in [2.75, 3.05) is 38.2 Å². The van der Waals surface area contributed by atoms with Gasteiger partial charge in [0, 0.05) is 24.6 Å². The molecule has 3 atom stereocenters. The smallest absolute Gasteiger partial charge is 0.136 e. The van der Waals surface area contributed by atoms with Crippen molar-refractivity contribution in [1.29, 1.82) is 0 Å². The van der Waals surface area contributed by atoms with Gasteiger partial charge in [-0.1, -0.05) is 155 Å². The van der Waals surface area contributed by atoms with Gasteiger partial charge >= 0.3 is 0 Å². The lowest BCUT2D eigenvalue weighted by atomic mass is 10.0. The second kappa shape index (κ2) is 42.9. The van der Waals surface area contributed by atoms with Gasteiger partial charge in [0.25, 0.3) is 0 Å². The summed E-state index contributed by atoms with van der Waals surface area (Å²) in [6.07, 6.45) is 50.1. The maximum absolute atomic E-state index is 11.0. The molecule has 0 aromatic carbocycles. The van der Waals surface area contributed by atoms with Crippen molar-refractivity contribution in [3.05, 3.63) is 48.6 Å². The van der Waals surface area contributed by atoms with E-state index in [1.165, 1.54) is 128 Å². The Morgan fingerprint density at radius 3 is 1.60 bits per heavy atom. The van der Waals surface area contributed by atoms with Crippen molar-refractivity contribution in [1.82, 2.24) is 10.2 Å². The van der Waals surface area contributed by atoms with Crippen LogP contribution in [0, 0.1) is 5.92 Å². The summed E-state index contributed by atoms with van der Waals surface area (Å²) in [5.74, 6) is 2.83. The number of likely N-dealkylation sites (N-methyl/N-ethyl adjacent to an activating group) is 1. The summed E-state index contributed by atoms with van der Waals surface area (Å²) in [5, 5.41) is 14.1. The predicted molar refractivity (Wildman–Crippen MR) is 239 cm³/mol. The molecule has 4 nitrogen and oxygen atoms in total. The Balaban J connectivity index is 4.34. The van der Waals surface area contributed by atoms with Crippen molar-refractivity contribution < 1.29 is 9.90 Å². The summed E-state index contributed by atoms with van der Waals surface area (Å²) in [5.41, 5.74) is 0. The topological polar surface area (TPSA) is 52.6 Å². The van der Waals surface area contributed by atoms with E-state index in [1.54, 1.807) is 0 Å². The predicted octanol–water partition coefficient (Wildman–Crippen LogP) is 13.5. The monoisotopic (exact) mass is 763 g/mol. The fourth-order valence-corrected chi connectivity index (χ4v) is 8.65. The molecule has 0 bridgehead atoms. The highest BCUT2D eigenvalue weighted by Crippen LogP contribution is 2.24. The summed E-state index contributed by atoms with van der Waals surface area (Å²) >= 11 is 0. The normalized spacial score (nSPS) is 14.2. The van der Waals surface area contributed by atoms with E-state index >= 15 is 0 Å². The Bertz CT molecular complexity index is 794. The van der Waals surface area contributed by atoms with E-state index < -0.39 is 0 Å². The summed E-state index contributed by atoms with van der Waals surface area (Å²) in [6.45, 7) is 9.94. The van der Waals surface area contributed by atoms with Crippen molar-refractivity contribution in [3.63, 3.8) is 0 Å². The third-order valence-electron chi connectivity index (χ3n) is 9.76. The zero-order valence-electron chi connectivity index (χ0n) is 34.8. The highest BCUT2D eigenvalue weighted by molar-refractivity contribution is 8.76. The Hall–Kier alpha value is -0.790. The number of aliphatic hydroxyl groups is 1. The van der Waals surface area contributed by atoms with E-state index in [0.29, 0.717) is 5.92 Å². The summed E-state index contributed by atoms with van der Waals surface area (Å²) in [6, 6.07) is -0.0193. The highest BCUT2D eigenvalue weighted by atomic mass is 33.1. The molecule has 0 heterocycles. The Labute approximate surface area is 332 Å². The first-order valence-electron chi connectivity index (χ1n) is 21.9. The molecule has 0 aromatic heterocycles. The molecule has 304 valence electrons. The van der Waals surface area contributed by atoms with E-state index in [0.717, 1.165) is 69.5 Å². The lowest BCUT2D eigenvalue weighted by Crippen LogP contribution is -2.36. The zero-order chi connectivity index (χ0) is 38.0.